The van der Waals surface area contributed by atoms with E-state index < -0.39 is 6.04 Å². The van der Waals surface area contributed by atoms with Gasteiger partial charge in [-0.15, -0.1) is 0 Å². The van der Waals surface area contributed by atoms with Crippen molar-refractivity contribution in [3.8, 4) is 0 Å². The highest BCUT2D eigenvalue weighted by Crippen LogP contribution is 2.30. The minimum Gasteiger partial charge on any atom is -0.467 e. The predicted octanol–water partition coefficient (Wildman–Crippen LogP) is 2.38. The number of methoxy groups -OCH3 is 1. The maximum absolute atomic E-state index is 13.4. The van der Waals surface area contributed by atoms with Gasteiger partial charge in [0.15, 0.2) is 0 Å². The van der Waals surface area contributed by atoms with E-state index in [1.165, 1.54) is 13.5 Å². The Morgan fingerprint density at radius 2 is 1.75 bits per heavy atom. The van der Waals surface area contributed by atoms with E-state index in [4.69, 9.17) is 4.74 Å². The van der Waals surface area contributed by atoms with Gasteiger partial charge in [0.25, 0.3) is 0 Å². The van der Waals surface area contributed by atoms with Crippen molar-refractivity contribution in [2.24, 2.45) is 0 Å². The van der Waals surface area contributed by atoms with E-state index in [2.05, 4.69) is 4.90 Å². The summed E-state index contributed by atoms with van der Waals surface area (Å²) < 4.78 is 4.90. The molecule has 0 N–H and O–H groups in total. The topological polar surface area (TPSA) is 49.9 Å². The lowest BCUT2D eigenvalue weighted by Crippen LogP contribution is -2.48. The van der Waals surface area contributed by atoms with Crippen molar-refractivity contribution in [2.75, 3.05) is 26.7 Å². The first-order chi connectivity index (χ1) is 11.7. The number of benzene rings is 1. The molecule has 0 spiro atoms. The molecule has 2 saturated heterocycles. The van der Waals surface area contributed by atoms with Gasteiger partial charge in [-0.05, 0) is 44.3 Å². The quantitative estimate of drug-likeness (QED) is 0.796. The van der Waals surface area contributed by atoms with Crippen molar-refractivity contribution in [2.45, 2.75) is 44.2 Å². The van der Waals surface area contributed by atoms with E-state index in [-0.39, 0.29) is 17.9 Å². The second kappa shape index (κ2) is 7.79. The molecule has 1 aromatic carbocycles. The van der Waals surface area contributed by atoms with Crippen molar-refractivity contribution in [3.63, 3.8) is 0 Å². The van der Waals surface area contributed by atoms with E-state index in [0.717, 1.165) is 37.9 Å². The first kappa shape index (κ1) is 17.0. The van der Waals surface area contributed by atoms with Gasteiger partial charge in [0.2, 0.25) is 5.91 Å². The van der Waals surface area contributed by atoms with E-state index in [1.54, 1.807) is 4.90 Å². The lowest BCUT2D eigenvalue weighted by molar-refractivity contribution is -0.153. The minimum atomic E-state index is -0.432. The van der Waals surface area contributed by atoms with Gasteiger partial charge >= 0.3 is 5.97 Å². The number of esters is 1. The molecule has 1 aromatic rings. The summed E-state index contributed by atoms with van der Waals surface area (Å²) in [5.74, 6) is -0.262. The third-order valence-corrected chi connectivity index (χ3v) is 5.11. The van der Waals surface area contributed by atoms with Crippen LogP contribution in [0.2, 0.25) is 0 Å². The summed E-state index contributed by atoms with van der Waals surface area (Å²) in [5, 5.41) is 0. The number of piperidine rings is 1. The molecule has 2 aliphatic heterocycles. The Bertz CT molecular complexity index is 569. The van der Waals surface area contributed by atoms with Crippen LogP contribution in [0.15, 0.2) is 30.3 Å². The Morgan fingerprint density at radius 3 is 2.42 bits per heavy atom. The second-order valence-corrected chi connectivity index (χ2v) is 6.62. The normalized spacial score (nSPS) is 23.0. The van der Waals surface area contributed by atoms with Crippen molar-refractivity contribution < 1.29 is 14.3 Å². The van der Waals surface area contributed by atoms with Crippen LogP contribution in [0.5, 0.6) is 0 Å². The van der Waals surface area contributed by atoms with Crippen LogP contribution < -0.4 is 0 Å². The zero-order valence-electron chi connectivity index (χ0n) is 14.3. The first-order valence-corrected chi connectivity index (χ1v) is 8.89. The molecule has 3 rings (SSSR count). The van der Waals surface area contributed by atoms with Crippen LogP contribution in [0, 0.1) is 0 Å². The van der Waals surface area contributed by atoms with Gasteiger partial charge in [-0.3, -0.25) is 9.69 Å². The minimum absolute atomic E-state index is 0.0380. The van der Waals surface area contributed by atoms with Crippen LogP contribution in [0.25, 0.3) is 0 Å². The van der Waals surface area contributed by atoms with Crippen molar-refractivity contribution in [1.82, 2.24) is 9.80 Å². The predicted molar refractivity (Wildman–Crippen MR) is 91.4 cm³/mol. The lowest BCUT2D eigenvalue weighted by Gasteiger charge is -2.37. The highest BCUT2D eigenvalue weighted by Gasteiger charge is 2.40. The fourth-order valence-electron chi connectivity index (χ4n) is 3.89. The molecule has 2 aliphatic rings. The summed E-state index contributed by atoms with van der Waals surface area (Å²) in [7, 11) is 1.39. The van der Waals surface area contributed by atoms with Gasteiger partial charge in [0.1, 0.15) is 12.1 Å². The summed E-state index contributed by atoms with van der Waals surface area (Å²) in [6.07, 6.45) is 5.02. The van der Waals surface area contributed by atoms with Gasteiger partial charge < -0.3 is 9.64 Å². The number of amides is 1. The molecule has 2 fully saturated rings. The molecule has 24 heavy (non-hydrogen) atoms. The summed E-state index contributed by atoms with van der Waals surface area (Å²) in [6, 6.07) is 9.22. The molecule has 2 heterocycles. The Kier molecular flexibility index (Phi) is 5.51. The van der Waals surface area contributed by atoms with Gasteiger partial charge in [-0.2, -0.15) is 0 Å². The van der Waals surface area contributed by atoms with E-state index in [9.17, 15) is 9.59 Å². The van der Waals surface area contributed by atoms with Crippen LogP contribution in [0.1, 0.15) is 43.7 Å². The number of nitrogens with zero attached hydrogens (tertiary/aromatic N) is 2. The summed E-state index contributed by atoms with van der Waals surface area (Å²) in [6.45, 7) is 2.50. The lowest BCUT2D eigenvalue weighted by atomic mass is 10.00. The van der Waals surface area contributed by atoms with E-state index in [0.29, 0.717) is 13.0 Å². The maximum Gasteiger partial charge on any atom is 0.328 e. The smallest absolute Gasteiger partial charge is 0.328 e. The summed E-state index contributed by atoms with van der Waals surface area (Å²) >= 11 is 0. The summed E-state index contributed by atoms with van der Waals surface area (Å²) in [4.78, 5) is 29.4. The molecule has 0 saturated carbocycles. The van der Waals surface area contributed by atoms with Crippen LogP contribution in [0.4, 0.5) is 0 Å². The zero-order chi connectivity index (χ0) is 16.9. The molecule has 1 amide bonds. The largest absolute Gasteiger partial charge is 0.467 e. The van der Waals surface area contributed by atoms with Crippen molar-refractivity contribution in [3.05, 3.63) is 35.9 Å². The molecule has 5 nitrogen and oxygen atoms in total. The number of hydrogen-bond acceptors (Lipinski definition) is 4. The highest BCUT2D eigenvalue weighted by atomic mass is 16.5. The van der Waals surface area contributed by atoms with Gasteiger partial charge in [0.05, 0.1) is 7.11 Å². The van der Waals surface area contributed by atoms with Gasteiger partial charge in [-0.25, -0.2) is 4.79 Å². The SMILES string of the molecule is COC(=O)[C@@H]1CCCN1C(=O)[C@@H](c1ccccc1)N1CCCCC1. The van der Waals surface area contributed by atoms with Crippen molar-refractivity contribution >= 4 is 11.9 Å². The number of carbonyl (C=O) groups is 2. The monoisotopic (exact) mass is 330 g/mol. The van der Waals surface area contributed by atoms with E-state index >= 15 is 0 Å². The number of ether oxygens (including phenoxy) is 1. The standard InChI is InChI=1S/C19H26N2O3/c1-24-19(23)16-11-8-14-21(16)18(22)17(15-9-4-2-5-10-15)20-12-6-3-7-13-20/h2,4-5,9-10,16-17H,3,6-8,11-14H2,1H3/t16-,17+/m0/s1. The average molecular weight is 330 g/mol. The molecule has 0 aromatic heterocycles. The average Bonchev–Trinajstić information content (AvgIpc) is 3.13. The number of hydrogen-bond donors (Lipinski definition) is 0. The van der Waals surface area contributed by atoms with Gasteiger partial charge in [-0.1, -0.05) is 36.8 Å². The zero-order valence-corrected chi connectivity index (χ0v) is 14.3. The highest BCUT2D eigenvalue weighted by molar-refractivity contribution is 5.89. The van der Waals surface area contributed by atoms with Crippen LogP contribution in [-0.4, -0.2) is 54.5 Å². The first-order valence-electron chi connectivity index (χ1n) is 8.89. The fraction of sp³-hybridized carbons (Fsp3) is 0.579. The van der Waals surface area contributed by atoms with Crippen LogP contribution in [0.3, 0.4) is 0 Å². The Labute approximate surface area is 143 Å². The summed E-state index contributed by atoms with van der Waals surface area (Å²) in [5.41, 5.74) is 1.01. The molecule has 130 valence electrons. The Hall–Kier alpha value is -1.88. The molecular weight excluding hydrogens is 304 g/mol. The second-order valence-electron chi connectivity index (χ2n) is 6.62. The Balaban J connectivity index is 1.87. The van der Waals surface area contributed by atoms with Crippen LogP contribution >= 0.6 is 0 Å². The molecule has 0 radical (unpaired) electrons. The number of likely N-dealkylation sites (tertiary alicyclic amines) is 2. The Morgan fingerprint density at radius 1 is 1.04 bits per heavy atom. The van der Waals surface area contributed by atoms with Crippen molar-refractivity contribution in [1.29, 1.82) is 0 Å². The molecular formula is C19H26N2O3. The molecule has 0 unspecified atom stereocenters. The third kappa shape index (κ3) is 3.46. The number of rotatable bonds is 4. The van der Waals surface area contributed by atoms with E-state index in [1.807, 2.05) is 30.3 Å². The fourth-order valence-corrected chi connectivity index (χ4v) is 3.89. The maximum atomic E-state index is 13.4. The van der Waals surface area contributed by atoms with Crippen LogP contribution in [-0.2, 0) is 14.3 Å². The molecule has 2 atom stereocenters. The number of carbonyl (C=O) groups excluding carboxylic acids is 2. The third-order valence-electron chi connectivity index (χ3n) is 5.11. The molecule has 0 aliphatic carbocycles. The van der Waals surface area contributed by atoms with Gasteiger partial charge in [0, 0.05) is 6.54 Å². The molecule has 5 heteroatoms. The molecule has 0 bridgehead atoms.